The zero-order valence-electron chi connectivity index (χ0n) is 15.8. The fourth-order valence-electron chi connectivity index (χ4n) is 4.42. The lowest BCUT2D eigenvalue weighted by atomic mass is 9.94. The standard InChI is InChI=1S/C21H29BrN4O/c22-16-10-11-18-19(13-16)25-21(24-18)26-12-6-7-15(14-26)20(27)23-17-8-4-2-1-3-5-9-17/h10-11,13,15,17H,1-9,12,14H2,(H,23,27)(H,24,25)/t15-/m0/s1. The molecule has 0 bridgehead atoms. The van der Waals surface area contributed by atoms with Crippen molar-refractivity contribution in [3.05, 3.63) is 22.7 Å². The summed E-state index contributed by atoms with van der Waals surface area (Å²) in [6, 6.07) is 6.45. The van der Waals surface area contributed by atoms with Crippen molar-refractivity contribution in [3.63, 3.8) is 0 Å². The highest BCUT2D eigenvalue weighted by molar-refractivity contribution is 9.10. The Bertz CT molecular complexity index is 782. The number of H-pyrrole nitrogens is 1. The van der Waals surface area contributed by atoms with Gasteiger partial charge in [-0.1, -0.05) is 48.0 Å². The van der Waals surface area contributed by atoms with Gasteiger partial charge >= 0.3 is 0 Å². The van der Waals surface area contributed by atoms with E-state index in [2.05, 4.69) is 37.2 Å². The fraction of sp³-hybridized carbons (Fsp3) is 0.619. The van der Waals surface area contributed by atoms with E-state index in [4.69, 9.17) is 4.98 Å². The van der Waals surface area contributed by atoms with Crippen molar-refractivity contribution >= 4 is 38.8 Å². The van der Waals surface area contributed by atoms with Gasteiger partial charge in [0.2, 0.25) is 11.9 Å². The molecule has 0 radical (unpaired) electrons. The zero-order valence-corrected chi connectivity index (χ0v) is 17.4. The van der Waals surface area contributed by atoms with E-state index in [-0.39, 0.29) is 11.8 Å². The summed E-state index contributed by atoms with van der Waals surface area (Å²) >= 11 is 3.51. The van der Waals surface area contributed by atoms with Crippen LogP contribution in [0.25, 0.3) is 11.0 Å². The molecule has 1 saturated carbocycles. The van der Waals surface area contributed by atoms with Crippen LogP contribution in [0.1, 0.15) is 57.8 Å². The number of carbonyl (C=O) groups is 1. The normalized spacial score (nSPS) is 22.4. The van der Waals surface area contributed by atoms with Crippen LogP contribution < -0.4 is 10.2 Å². The van der Waals surface area contributed by atoms with Crippen LogP contribution in [0.3, 0.4) is 0 Å². The maximum Gasteiger partial charge on any atom is 0.225 e. The maximum atomic E-state index is 12.9. The Hall–Kier alpha value is -1.56. The average Bonchev–Trinajstić information content (AvgIpc) is 3.07. The van der Waals surface area contributed by atoms with E-state index in [0.29, 0.717) is 6.04 Å². The molecular formula is C21H29BrN4O. The van der Waals surface area contributed by atoms with Crippen LogP contribution in [0.2, 0.25) is 0 Å². The SMILES string of the molecule is O=C(NC1CCCCCCC1)[C@H]1CCCN(c2nc3ccc(Br)cc3[nH]2)C1. The van der Waals surface area contributed by atoms with Gasteiger partial charge in [0.25, 0.3) is 0 Å². The first-order valence-corrected chi connectivity index (χ1v) is 11.2. The minimum atomic E-state index is 0.0594. The Morgan fingerprint density at radius 2 is 1.89 bits per heavy atom. The van der Waals surface area contributed by atoms with Gasteiger partial charge in [-0.2, -0.15) is 0 Å². The summed E-state index contributed by atoms with van der Waals surface area (Å²) in [5, 5.41) is 3.36. The van der Waals surface area contributed by atoms with Crippen LogP contribution in [0.5, 0.6) is 0 Å². The smallest absolute Gasteiger partial charge is 0.225 e. The lowest BCUT2D eigenvalue weighted by Crippen LogP contribution is -2.46. The summed E-state index contributed by atoms with van der Waals surface area (Å²) in [7, 11) is 0. The largest absolute Gasteiger partial charge is 0.353 e. The summed E-state index contributed by atoms with van der Waals surface area (Å²) in [5.41, 5.74) is 2.00. The number of fused-ring (bicyclic) bond motifs is 1. The third kappa shape index (κ3) is 4.65. The molecule has 1 aromatic carbocycles. The second kappa shape index (κ2) is 8.63. The van der Waals surface area contributed by atoms with E-state index in [9.17, 15) is 4.79 Å². The van der Waals surface area contributed by atoms with Crippen molar-refractivity contribution in [3.8, 4) is 0 Å². The van der Waals surface area contributed by atoms with Crippen molar-refractivity contribution < 1.29 is 4.79 Å². The number of carbonyl (C=O) groups excluding carboxylic acids is 1. The predicted octanol–water partition coefficient (Wildman–Crippen LogP) is 4.77. The summed E-state index contributed by atoms with van der Waals surface area (Å²) in [5.74, 6) is 1.18. The van der Waals surface area contributed by atoms with Gasteiger partial charge in [-0.3, -0.25) is 4.79 Å². The number of aromatic nitrogens is 2. The lowest BCUT2D eigenvalue weighted by Gasteiger charge is -2.33. The van der Waals surface area contributed by atoms with E-state index >= 15 is 0 Å². The number of piperidine rings is 1. The Balaban J connectivity index is 1.39. The number of aromatic amines is 1. The van der Waals surface area contributed by atoms with E-state index in [1.165, 1.54) is 32.1 Å². The van der Waals surface area contributed by atoms with Crippen LogP contribution >= 0.6 is 15.9 Å². The van der Waals surface area contributed by atoms with Crippen LogP contribution in [0.4, 0.5) is 5.95 Å². The van der Waals surface area contributed by atoms with Gasteiger partial charge in [-0.15, -0.1) is 0 Å². The number of amides is 1. The highest BCUT2D eigenvalue weighted by atomic mass is 79.9. The molecule has 1 atom stereocenters. The van der Waals surface area contributed by atoms with Crippen molar-refractivity contribution in [2.75, 3.05) is 18.0 Å². The maximum absolute atomic E-state index is 12.9. The molecule has 1 saturated heterocycles. The summed E-state index contributed by atoms with van der Waals surface area (Å²) in [6.07, 6.45) is 10.8. The first-order chi connectivity index (χ1) is 13.2. The molecule has 6 heteroatoms. The summed E-state index contributed by atoms with van der Waals surface area (Å²) in [6.45, 7) is 1.70. The van der Waals surface area contributed by atoms with Gasteiger partial charge in [-0.05, 0) is 43.9 Å². The zero-order chi connectivity index (χ0) is 18.6. The predicted molar refractivity (Wildman–Crippen MR) is 113 cm³/mol. The number of hydrogen-bond acceptors (Lipinski definition) is 3. The van der Waals surface area contributed by atoms with Gasteiger partial charge in [0.1, 0.15) is 0 Å². The van der Waals surface area contributed by atoms with Crippen LogP contribution in [-0.2, 0) is 4.79 Å². The number of anilines is 1. The number of nitrogens with zero attached hydrogens (tertiary/aromatic N) is 2. The fourth-order valence-corrected chi connectivity index (χ4v) is 4.78. The third-order valence-electron chi connectivity index (χ3n) is 5.97. The van der Waals surface area contributed by atoms with E-state index in [1.807, 2.05) is 12.1 Å². The molecule has 1 aliphatic carbocycles. The number of hydrogen-bond donors (Lipinski definition) is 2. The Labute approximate surface area is 169 Å². The molecule has 1 aliphatic heterocycles. The Morgan fingerprint density at radius 3 is 2.70 bits per heavy atom. The molecule has 2 fully saturated rings. The molecule has 0 spiro atoms. The molecule has 146 valence electrons. The highest BCUT2D eigenvalue weighted by Crippen LogP contribution is 2.26. The van der Waals surface area contributed by atoms with Crippen LogP contribution in [0.15, 0.2) is 22.7 Å². The number of nitrogens with one attached hydrogen (secondary N) is 2. The van der Waals surface area contributed by atoms with Crippen molar-refractivity contribution in [2.45, 2.75) is 63.8 Å². The molecule has 27 heavy (non-hydrogen) atoms. The second-order valence-corrected chi connectivity index (χ2v) is 8.97. The molecule has 1 amide bonds. The number of rotatable bonds is 3. The molecule has 2 aromatic rings. The van der Waals surface area contributed by atoms with E-state index in [0.717, 1.165) is 60.2 Å². The molecular weight excluding hydrogens is 404 g/mol. The quantitative estimate of drug-likeness (QED) is 0.733. The number of imidazole rings is 1. The van der Waals surface area contributed by atoms with Crippen molar-refractivity contribution in [1.29, 1.82) is 0 Å². The van der Waals surface area contributed by atoms with E-state index < -0.39 is 0 Å². The van der Waals surface area contributed by atoms with Gasteiger partial charge in [-0.25, -0.2) is 4.98 Å². The van der Waals surface area contributed by atoms with Gasteiger partial charge < -0.3 is 15.2 Å². The molecule has 4 rings (SSSR count). The molecule has 5 nitrogen and oxygen atoms in total. The molecule has 0 unspecified atom stereocenters. The van der Waals surface area contributed by atoms with Gasteiger partial charge in [0, 0.05) is 23.6 Å². The topological polar surface area (TPSA) is 61.0 Å². The van der Waals surface area contributed by atoms with Gasteiger partial charge in [0.05, 0.1) is 17.0 Å². The minimum Gasteiger partial charge on any atom is -0.353 e. The monoisotopic (exact) mass is 432 g/mol. The average molecular weight is 433 g/mol. The van der Waals surface area contributed by atoms with Crippen molar-refractivity contribution in [2.24, 2.45) is 5.92 Å². The van der Waals surface area contributed by atoms with Gasteiger partial charge in [0.15, 0.2) is 0 Å². The lowest BCUT2D eigenvalue weighted by molar-refractivity contribution is -0.126. The molecule has 2 N–H and O–H groups in total. The summed E-state index contributed by atoms with van der Waals surface area (Å²) in [4.78, 5) is 23.3. The summed E-state index contributed by atoms with van der Waals surface area (Å²) < 4.78 is 1.04. The number of halogens is 1. The first kappa shape index (κ1) is 18.8. The minimum absolute atomic E-state index is 0.0594. The molecule has 2 heterocycles. The second-order valence-electron chi connectivity index (χ2n) is 8.06. The Morgan fingerprint density at radius 1 is 1.11 bits per heavy atom. The number of benzene rings is 1. The van der Waals surface area contributed by atoms with Crippen molar-refractivity contribution in [1.82, 2.24) is 15.3 Å². The molecule has 1 aromatic heterocycles. The van der Waals surface area contributed by atoms with Crippen LogP contribution in [0, 0.1) is 5.92 Å². The Kier molecular flexibility index (Phi) is 6.01. The van der Waals surface area contributed by atoms with Crippen LogP contribution in [-0.4, -0.2) is 35.0 Å². The highest BCUT2D eigenvalue weighted by Gasteiger charge is 2.28. The third-order valence-corrected chi connectivity index (χ3v) is 6.47. The molecule has 2 aliphatic rings. The van der Waals surface area contributed by atoms with E-state index in [1.54, 1.807) is 0 Å². The first-order valence-electron chi connectivity index (χ1n) is 10.4.